The second-order valence-electron chi connectivity index (χ2n) is 4.89. The highest BCUT2D eigenvalue weighted by Gasteiger charge is 2.20. The van der Waals surface area contributed by atoms with E-state index >= 15 is 0 Å². The summed E-state index contributed by atoms with van der Waals surface area (Å²) < 4.78 is 0. The first-order valence-electron chi connectivity index (χ1n) is 6.88. The van der Waals surface area contributed by atoms with Gasteiger partial charge in [-0.25, -0.2) is 9.97 Å². The highest BCUT2D eigenvalue weighted by Crippen LogP contribution is 2.38. The van der Waals surface area contributed by atoms with Gasteiger partial charge in [0.25, 0.3) is 0 Å². The van der Waals surface area contributed by atoms with Crippen molar-refractivity contribution < 1.29 is 0 Å². The summed E-state index contributed by atoms with van der Waals surface area (Å²) in [5.74, 6) is 2.29. The van der Waals surface area contributed by atoms with Crippen LogP contribution in [0.3, 0.4) is 0 Å². The molecule has 2 heterocycles. The lowest BCUT2D eigenvalue weighted by Gasteiger charge is -2.07. The summed E-state index contributed by atoms with van der Waals surface area (Å²) in [5.41, 5.74) is 1.51. The number of hydrogen-bond acceptors (Lipinski definition) is 5. The average molecular weight is 293 g/mol. The van der Waals surface area contributed by atoms with Crippen LogP contribution in [0.5, 0.6) is 0 Å². The van der Waals surface area contributed by atoms with Crippen LogP contribution in [0.25, 0.3) is 10.2 Å². The molecule has 0 saturated heterocycles. The van der Waals surface area contributed by atoms with Gasteiger partial charge in [-0.05, 0) is 49.7 Å². The predicted molar refractivity (Wildman–Crippen MR) is 85.5 cm³/mol. The largest absolute Gasteiger partial charge is 0.369 e. The van der Waals surface area contributed by atoms with Crippen LogP contribution in [0.15, 0.2) is 6.33 Å². The van der Waals surface area contributed by atoms with Crippen LogP contribution >= 0.6 is 23.1 Å². The van der Waals surface area contributed by atoms with Crippen LogP contribution in [0.1, 0.15) is 29.7 Å². The van der Waals surface area contributed by atoms with Gasteiger partial charge in [0.05, 0.1) is 5.39 Å². The van der Waals surface area contributed by atoms with Crippen molar-refractivity contribution in [2.24, 2.45) is 0 Å². The lowest BCUT2D eigenvalue weighted by atomic mass is 10.2. The highest BCUT2D eigenvalue weighted by atomic mass is 32.2. The maximum atomic E-state index is 4.45. The molecule has 0 aromatic carbocycles. The molecule has 102 valence electrons. The quantitative estimate of drug-likeness (QED) is 0.823. The number of nitrogens with one attached hydrogen (secondary N) is 1. The zero-order chi connectivity index (χ0) is 13.1. The van der Waals surface area contributed by atoms with E-state index in [1.807, 2.05) is 23.1 Å². The van der Waals surface area contributed by atoms with Gasteiger partial charge in [-0.3, -0.25) is 0 Å². The number of nitrogens with zero attached hydrogens (tertiary/aromatic N) is 2. The van der Waals surface area contributed by atoms with Gasteiger partial charge in [0.2, 0.25) is 0 Å². The highest BCUT2D eigenvalue weighted by molar-refractivity contribution is 7.98. The van der Waals surface area contributed by atoms with Crippen molar-refractivity contribution in [3.63, 3.8) is 0 Å². The summed E-state index contributed by atoms with van der Waals surface area (Å²) in [6.07, 6.45) is 10.0. The minimum absolute atomic E-state index is 1.01. The number of thiophene rings is 1. The first-order valence-corrected chi connectivity index (χ1v) is 9.09. The second-order valence-corrected chi connectivity index (χ2v) is 6.96. The number of rotatable bonds is 6. The van der Waals surface area contributed by atoms with Crippen molar-refractivity contribution in [3.8, 4) is 0 Å². The summed E-state index contributed by atoms with van der Waals surface area (Å²) in [6, 6.07) is 0. The Labute approximate surface area is 122 Å². The number of fused-ring (bicyclic) bond motifs is 3. The molecular weight excluding hydrogens is 274 g/mol. The Morgan fingerprint density at radius 3 is 3.16 bits per heavy atom. The van der Waals surface area contributed by atoms with E-state index in [1.54, 1.807) is 6.33 Å². The third-order valence-electron chi connectivity index (χ3n) is 3.57. The van der Waals surface area contributed by atoms with E-state index in [-0.39, 0.29) is 0 Å². The minimum Gasteiger partial charge on any atom is -0.369 e. The van der Waals surface area contributed by atoms with E-state index in [0.717, 1.165) is 17.2 Å². The summed E-state index contributed by atoms with van der Waals surface area (Å²) in [5, 5.41) is 4.80. The molecule has 2 aromatic heterocycles. The molecule has 19 heavy (non-hydrogen) atoms. The van der Waals surface area contributed by atoms with Crippen molar-refractivity contribution in [1.29, 1.82) is 0 Å². The third-order valence-corrected chi connectivity index (χ3v) is 5.47. The number of thioether (sulfide) groups is 1. The Morgan fingerprint density at radius 1 is 1.32 bits per heavy atom. The third kappa shape index (κ3) is 2.72. The van der Waals surface area contributed by atoms with Crippen molar-refractivity contribution in [2.75, 3.05) is 23.9 Å². The van der Waals surface area contributed by atoms with Crippen molar-refractivity contribution in [2.45, 2.75) is 32.1 Å². The summed E-state index contributed by atoms with van der Waals surface area (Å²) in [6.45, 7) is 1.01. The number of unbranched alkanes of at least 4 members (excludes halogenated alkanes) is 1. The molecule has 2 aromatic rings. The molecule has 5 heteroatoms. The lowest BCUT2D eigenvalue weighted by molar-refractivity contribution is 0.840. The van der Waals surface area contributed by atoms with E-state index in [1.165, 1.54) is 53.7 Å². The fourth-order valence-corrected chi connectivity index (χ4v) is 4.36. The molecule has 0 fully saturated rings. The zero-order valence-electron chi connectivity index (χ0n) is 11.2. The fraction of sp³-hybridized carbons (Fsp3) is 0.571. The van der Waals surface area contributed by atoms with Gasteiger partial charge in [0.1, 0.15) is 17.0 Å². The number of hydrogen-bond donors (Lipinski definition) is 1. The van der Waals surface area contributed by atoms with Crippen LogP contribution in [0, 0.1) is 0 Å². The number of anilines is 1. The topological polar surface area (TPSA) is 37.8 Å². The Kier molecular flexibility index (Phi) is 4.23. The molecule has 0 saturated carbocycles. The number of aromatic nitrogens is 2. The zero-order valence-corrected chi connectivity index (χ0v) is 12.9. The van der Waals surface area contributed by atoms with Crippen LogP contribution in [0.4, 0.5) is 5.82 Å². The molecule has 3 nitrogen and oxygen atoms in total. The maximum Gasteiger partial charge on any atom is 0.138 e. The minimum atomic E-state index is 1.01. The standard InChI is InChI=1S/C14H19N3S2/c1-18-8-3-2-7-15-13-12-10-5-4-6-11(10)19-14(12)17-9-16-13/h9H,2-8H2,1H3,(H,15,16,17). The van der Waals surface area contributed by atoms with Crippen molar-refractivity contribution in [1.82, 2.24) is 9.97 Å². The van der Waals surface area contributed by atoms with Gasteiger partial charge in [0, 0.05) is 11.4 Å². The molecule has 0 unspecified atom stereocenters. The Bertz CT molecular complexity index is 565. The summed E-state index contributed by atoms with van der Waals surface area (Å²) in [7, 11) is 0. The monoisotopic (exact) mass is 293 g/mol. The van der Waals surface area contributed by atoms with Crippen LogP contribution in [-0.2, 0) is 12.8 Å². The first kappa shape index (κ1) is 13.2. The molecule has 0 atom stereocenters. The van der Waals surface area contributed by atoms with Gasteiger partial charge in [-0.15, -0.1) is 11.3 Å². The summed E-state index contributed by atoms with van der Waals surface area (Å²) in [4.78, 5) is 11.6. The van der Waals surface area contributed by atoms with Crippen molar-refractivity contribution >= 4 is 39.1 Å². The molecule has 1 N–H and O–H groups in total. The van der Waals surface area contributed by atoms with Crippen molar-refractivity contribution in [3.05, 3.63) is 16.8 Å². The maximum absolute atomic E-state index is 4.45. The summed E-state index contributed by atoms with van der Waals surface area (Å²) >= 11 is 3.77. The molecule has 1 aliphatic rings. The van der Waals surface area contributed by atoms with Crippen LogP contribution in [0.2, 0.25) is 0 Å². The average Bonchev–Trinajstić information content (AvgIpc) is 2.98. The lowest BCUT2D eigenvalue weighted by Crippen LogP contribution is -2.04. The van der Waals surface area contributed by atoms with E-state index in [0.29, 0.717) is 0 Å². The second kappa shape index (κ2) is 6.09. The Balaban J connectivity index is 1.75. The molecule has 0 amide bonds. The van der Waals surface area contributed by atoms with Gasteiger partial charge >= 0.3 is 0 Å². The van der Waals surface area contributed by atoms with E-state index in [4.69, 9.17) is 0 Å². The smallest absolute Gasteiger partial charge is 0.138 e. The van der Waals surface area contributed by atoms with Crippen LogP contribution in [-0.4, -0.2) is 28.5 Å². The van der Waals surface area contributed by atoms with Crippen LogP contribution < -0.4 is 5.32 Å². The molecule has 1 aliphatic carbocycles. The molecule has 0 aliphatic heterocycles. The normalized spacial score (nSPS) is 13.9. The Morgan fingerprint density at radius 2 is 2.26 bits per heavy atom. The molecule has 0 radical (unpaired) electrons. The van der Waals surface area contributed by atoms with E-state index in [2.05, 4.69) is 21.5 Å². The van der Waals surface area contributed by atoms with Gasteiger partial charge in [0.15, 0.2) is 0 Å². The fourth-order valence-electron chi connectivity index (χ4n) is 2.64. The molecule has 0 bridgehead atoms. The van der Waals surface area contributed by atoms with E-state index < -0.39 is 0 Å². The predicted octanol–water partition coefficient (Wildman–Crippen LogP) is 3.74. The van der Waals surface area contributed by atoms with E-state index in [9.17, 15) is 0 Å². The molecule has 0 spiro atoms. The number of aryl methyl sites for hydroxylation is 2. The molecule has 3 rings (SSSR count). The first-order chi connectivity index (χ1) is 9.40. The Hall–Kier alpha value is -0.810. The van der Waals surface area contributed by atoms with Gasteiger partial charge < -0.3 is 5.32 Å². The SMILES string of the molecule is CSCCCCNc1ncnc2sc3c(c12)CCC3. The van der Waals surface area contributed by atoms with Gasteiger partial charge in [-0.2, -0.15) is 11.8 Å². The van der Waals surface area contributed by atoms with Gasteiger partial charge in [-0.1, -0.05) is 0 Å². The molecular formula is C14H19N3S2.